The van der Waals surface area contributed by atoms with E-state index in [1.165, 1.54) is 0 Å². The molecule has 0 aromatic heterocycles. The summed E-state index contributed by atoms with van der Waals surface area (Å²) in [5.74, 6) is -1.48. The van der Waals surface area contributed by atoms with Gasteiger partial charge in [0, 0.05) is 12.6 Å². The third kappa shape index (κ3) is 6.29. The minimum atomic E-state index is -0.886. The van der Waals surface area contributed by atoms with Crippen molar-refractivity contribution in [3.05, 3.63) is 35.9 Å². The minimum Gasteiger partial charge on any atom is -0.481 e. The first-order chi connectivity index (χ1) is 9.90. The molecule has 1 aromatic rings. The van der Waals surface area contributed by atoms with Crippen LogP contribution in [0.25, 0.3) is 0 Å². The second-order valence-electron chi connectivity index (χ2n) is 5.63. The van der Waals surface area contributed by atoms with E-state index in [4.69, 9.17) is 5.11 Å². The molecule has 0 saturated heterocycles. The van der Waals surface area contributed by atoms with Gasteiger partial charge in [-0.25, -0.2) is 4.79 Å². The topological polar surface area (TPSA) is 78.4 Å². The molecule has 3 N–H and O–H groups in total. The number of benzene rings is 1. The highest BCUT2D eigenvalue weighted by molar-refractivity contribution is 5.76. The van der Waals surface area contributed by atoms with Crippen LogP contribution in [0.1, 0.15) is 26.3 Å². The summed E-state index contributed by atoms with van der Waals surface area (Å²) in [5.41, 5.74) is 1.15. The average molecular weight is 292 g/mol. The van der Waals surface area contributed by atoms with Gasteiger partial charge in [-0.3, -0.25) is 4.79 Å². The third-order valence-electron chi connectivity index (χ3n) is 3.37. The zero-order valence-electron chi connectivity index (χ0n) is 12.8. The Labute approximate surface area is 125 Å². The van der Waals surface area contributed by atoms with Crippen molar-refractivity contribution in [2.24, 2.45) is 11.8 Å². The van der Waals surface area contributed by atoms with E-state index in [1.54, 1.807) is 0 Å². The van der Waals surface area contributed by atoms with Crippen LogP contribution in [0.2, 0.25) is 0 Å². The van der Waals surface area contributed by atoms with Crippen LogP contribution >= 0.6 is 0 Å². The molecule has 2 amide bonds. The summed E-state index contributed by atoms with van der Waals surface area (Å²) in [5, 5.41) is 14.5. The van der Waals surface area contributed by atoms with Crippen molar-refractivity contribution in [2.45, 2.75) is 33.2 Å². The van der Waals surface area contributed by atoms with Gasteiger partial charge in [0.15, 0.2) is 0 Å². The van der Waals surface area contributed by atoms with Crippen molar-refractivity contribution < 1.29 is 14.7 Å². The molecule has 21 heavy (non-hydrogen) atoms. The summed E-state index contributed by atoms with van der Waals surface area (Å²) in [6.07, 6.45) is 0.737. The Morgan fingerprint density at radius 3 is 2.29 bits per heavy atom. The Kier molecular flexibility index (Phi) is 6.72. The Balaban J connectivity index is 2.37. The van der Waals surface area contributed by atoms with Crippen molar-refractivity contribution in [1.29, 1.82) is 0 Å². The van der Waals surface area contributed by atoms with Gasteiger partial charge in [0.25, 0.3) is 0 Å². The van der Waals surface area contributed by atoms with Gasteiger partial charge in [-0.2, -0.15) is 0 Å². The monoisotopic (exact) mass is 292 g/mol. The van der Waals surface area contributed by atoms with Gasteiger partial charge >= 0.3 is 12.0 Å². The highest BCUT2D eigenvalue weighted by atomic mass is 16.4. The summed E-state index contributed by atoms with van der Waals surface area (Å²) in [6, 6.07) is 9.54. The Bertz CT molecular complexity index is 460. The third-order valence-corrected chi connectivity index (χ3v) is 3.37. The number of aliphatic carboxylic acids is 1. The summed E-state index contributed by atoms with van der Waals surface area (Å²) in [7, 11) is 0. The van der Waals surface area contributed by atoms with Crippen LogP contribution in [0.5, 0.6) is 0 Å². The van der Waals surface area contributed by atoms with E-state index in [2.05, 4.69) is 10.6 Å². The first-order valence-electron chi connectivity index (χ1n) is 7.21. The predicted octanol–water partition coefficient (Wildman–Crippen LogP) is 2.27. The number of rotatable bonds is 7. The van der Waals surface area contributed by atoms with Crippen LogP contribution in [0.3, 0.4) is 0 Å². The summed E-state index contributed by atoms with van der Waals surface area (Å²) in [6.45, 7) is 5.72. The number of amides is 2. The number of carboxylic acids is 1. The van der Waals surface area contributed by atoms with Crippen molar-refractivity contribution >= 4 is 12.0 Å². The van der Waals surface area contributed by atoms with E-state index < -0.39 is 11.9 Å². The molecule has 2 unspecified atom stereocenters. The Morgan fingerprint density at radius 2 is 1.76 bits per heavy atom. The van der Waals surface area contributed by atoms with Crippen molar-refractivity contribution in [2.75, 3.05) is 6.54 Å². The van der Waals surface area contributed by atoms with E-state index in [-0.39, 0.29) is 24.5 Å². The molecule has 0 aliphatic heterocycles. The van der Waals surface area contributed by atoms with Gasteiger partial charge in [-0.05, 0) is 24.8 Å². The molecule has 0 aliphatic carbocycles. The standard InChI is InChI=1S/C16H24N2O3/c1-11(2)14(15(19)20)10-17-16(21)18-12(3)9-13-7-5-4-6-8-13/h4-8,11-12,14H,9-10H2,1-3H3,(H,19,20)(H2,17,18,21). The lowest BCUT2D eigenvalue weighted by Crippen LogP contribution is -2.45. The SMILES string of the molecule is CC(Cc1ccccc1)NC(=O)NCC(C(=O)O)C(C)C. The summed E-state index contributed by atoms with van der Waals surface area (Å²) < 4.78 is 0. The second kappa shape index (κ2) is 8.29. The highest BCUT2D eigenvalue weighted by Crippen LogP contribution is 2.09. The predicted molar refractivity (Wildman–Crippen MR) is 82.1 cm³/mol. The smallest absolute Gasteiger partial charge is 0.315 e. The minimum absolute atomic E-state index is 0.0188. The largest absolute Gasteiger partial charge is 0.481 e. The molecule has 0 heterocycles. The molecule has 2 atom stereocenters. The summed E-state index contributed by atoms with van der Waals surface area (Å²) >= 11 is 0. The first kappa shape index (κ1) is 17.0. The first-order valence-corrected chi connectivity index (χ1v) is 7.21. The van der Waals surface area contributed by atoms with Crippen LogP contribution in [-0.4, -0.2) is 29.7 Å². The number of hydrogen-bond acceptors (Lipinski definition) is 2. The lowest BCUT2D eigenvalue weighted by Gasteiger charge is -2.19. The van der Waals surface area contributed by atoms with Gasteiger partial charge in [-0.1, -0.05) is 44.2 Å². The van der Waals surface area contributed by atoms with E-state index in [0.717, 1.165) is 12.0 Å². The zero-order valence-corrected chi connectivity index (χ0v) is 12.8. The van der Waals surface area contributed by atoms with Gasteiger partial charge in [0.2, 0.25) is 0 Å². The van der Waals surface area contributed by atoms with Gasteiger partial charge in [-0.15, -0.1) is 0 Å². The fraction of sp³-hybridized carbons (Fsp3) is 0.500. The van der Waals surface area contributed by atoms with Crippen LogP contribution in [0.15, 0.2) is 30.3 Å². The molecule has 0 saturated carbocycles. The molecular formula is C16H24N2O3. The molecule has 0 bridgehead atoms. The van der Waals surface area contributed by atoms with Crippen LogP contribution < -0.4 is 10.6 Å². The number of carboxylic acid groups (broad SMARTS) is 1. The maximum Gasteiger partial charge on any atom is 0.315 e. The maximum absolute atomic E-state index is 11.8. The Hall–Kier alpha value is -2.04. The van der Waals surface area contributed by atoms with Crippen molar-refractivity contribution in [1.82, 2.24) is 10.6 Å². The quantitative estimate of drug-likeness (QED) is 0.721. The molecule has 0 spiro atoms. The van der Waals surface area contributed by atoms with Crippen LogP contribution in [0.4, 0.5) is 4.79 Å². The van der Waals surface area contributed by atoms with Gasteiger partial charge in [0.1, 0.15) is 0 Å². The molecule has 0 aliphatic rings. The van der Waals surface area contributed by atoms with Crippen molar-refractivity contribution in [3.63, 3.8) is 0 Å². The molecule has 0 fully saturated rings. The molecule has 5 nitrogen and oxygen atoms in total. The molecule has 0 radical (unpaired) electrons. The zero-order chi connectivity index (χ0) is 15.8. The number of hydrogen-bond donors (Lipinski definition) is 3. The molecule has 116 valence electrons. The van der Waals surface area contributed by atoms with Crippen molar-refractivity contribution in [3.8, 4) is 0 Å². The lowest BCUT2D eigenvalue weighted by atomic mass is 9.96. The highest BCUT2D eigenvalue weighted by Gasteiger charge is 2.22. The van der Waals surface area contributed by atoms with Crippen LogP contribution in [0, 0.1) is 11.8 Å². The van der Waals surface area contributed by atoms with E-state index in [0.29, 0.717) is 0 Å². The van der Waals surface area contributed by atoms with E-state index in [9.17, 15) is 9.59 Å². The fourth-order valence-electron chi connectivity index (χ4n) is 2.10. The van der Waals surface area contributed by atoms with E-state index in [1.807, 2.05) is 51.1 Å². The maximum atomic E-state index is 11.8. The van der Waals surface area contributed by atoms with Gasteiger partial charge < -0.3 is 15.7 Å². The lowest BCUT2D eigenvalue weighted by molar-refractivity contribution is -0.142. The van der Waals surface area contributed by atoms with E-state index >= 15 is 0 Å². The molecule has 5 heteroatoms. The van der Waals surface area contributed by atoms with Gasteiger partial charge in [0.05, 0.1) is 5.92 Å². The number of urea groups is 1. The number of nitrogens with one attached hydrogen (secondary N) is 2. The molecule has 1 rings (SSSR count). The normalized spacial score (nSPS) is 13.5. The average Bonchev–Trinajstić information content (AvgIpc) is 2.38. The number of carbonyl (C=O) groups is 2. The summed E-state index contributed by atoms with van der Waals surface area (Å²) in [4.78, 5) is 22.8. The number of carbonyl (C=O) groups excluding carboxylic acids is 1. The Morgan fingerprint density at radius 1 is 1.14 bits per heavy atom. The second-order valence-corrected chi connectivity index (χ2v) is 5.63. The molecular weight excluding hydrogens is 268 g/mol. The van der Waals surface area contributed by atoms with Crippen LogP contribution in [-0.2, 0) is 11.2 Å². The molecule has 1 aromatic carbocycles. The fourth-order valence-corrected chi connectivity index (χ4v) is 2.10.